The van der Waals surface area contributed by atoms with Crippen LogP contribution in [-0.4, -0.2) is 41.9 Å². The molecule has 3 rings (SSSR count). The fourth-order valence-electron chi connectivity index (χ4n) is 3.63. The van der Waals surface area contributed by atoms with Crippen LogP contribution in [0.15, 0.2) is 42.5 Å². The van der Waals surface area contributed by atoms with Gasteiger partial charge in [0.2, 0.25) is 0 Å². The third-order valence-electron chi connectivity index (χ3n) is 5.00. The topological polar surface area (TPSA) is 58.6 Å². The van der Waals surface area contributed by atoms with Gasteiger partial charge in [0, 0.05) is 31.7 Å². The Bertz CT molecular complexity index is 872. The van der Waals surface area contributed by atoms with E-state index in [2.05, 4.69) is 36.2 Å². The van der Waals surface area contributed by atoms with Crippen LogP contribution in [0.2, 0.25) is 0 Å². The van der Waals surface area contributed by atoms with Crippen molar-refractivity contribution in [2.24, 2.45) is 0 Å². The van der Waals surface area contributed by atoms with Crippen molar-refractivity contribution in [2.75, 3.05) is 13.1 Å². The Morgan fingerprint density at radius 2 is 1.69 bits per heavy atom. The molecule has 5 nitrogen and oxygen atoms in total. The van der Waals surface area contributed by atoms with Crippen LogP contribution in [0.4, 0.5) is 4.39 Å². The summed E-state index contributed by atoms with van der Waals surface area (Å²) in [6.45, 7) is 8.53. The molecule has 2 aromatic rings. The number of morpholine rings is 1. The molecule has 1 saturated heterocycles. The third kappa shape index (κ3) is 5.71. The minimum atomic E-state index is -0.695. The standard InChI is InChI=1S/C23H27FN2O3/c1-15-12-26(13-16(2)29-15)14-19-6-4-18(5-7-19)11-25-23(28)21-9-8-20(17(3)27)10-22(21)24/h4-10,15-16H,11-14H2,1-3H3,(H,25,28)/t15-,16+. The van der Waals surface area contributed by atoms with Crippen LogP contribution in [0.3, 0.4) is 0 Å². The van der Waals surface area contributed by atoms with E-state index in [0.29, 0.717) is 6.54 Å². The molecule has 0 aromatic heterocycles. The SMILES string of the molecule is CC(=O)c1ccc(C(=O)NCc2ccc(CN3C[C@@H](C)O[C@@H](C)C3)cc2)c(F)c1. The lowest BCUT2D eigenvalue weighted by atomic mass is 10.1. The number of amides is 1. The van der Waals surface area contributed by atoms with E-state index in [9.17, 15) is 14.0 Å². The van der Waals surface area contributed by atoms with Gasteiger partial charge in [0.15, 0.2) is 5.78 Å². The number of carbonyl (C=O) groups is 2. The molecule has 1 heterocycles. The van der Waals surface area contributed by atoms with Crippen molar-refractivity contribution in [2.45, 2.75) is 46.1 Å². The highest BCUT2D eigenvalue weighted by Gasteiger charge is 2.22. The largest absolute Gasteiger partial charge is 0.373 e. The summed E-state index contributed by atoms with van der Waals surface area (Å²) in [4.78, 5) is 25.9. The van der Waals surface area contributed by atoms with Crippen molar-refractivity contribution in [3.8, 4) is 0 Å². The number of rotatable bonds is 6. The predicted octanol–water partition coefficient (Wildman–Crippen LogP) is 3.57. The van der Waals surface area contributed by atoms with Crippen LogP contribution in [0.5, 0.6) is 0 Å². The third-order valence-corrected chi connectivity index (χ3v) is 5.00. The Hall–Kier alpha value is -2.57. The number of ether oxygens (including phenoxy) is 1. The number of carbonyl (C=O) groups excluding carboxylic acids is 2. The van der Waals surface area contributed by atoms with Gasteiger partial charge in [-0.05, 0) is 44.0 Å². The second-order valence-corrected chi connectivity index (χ2v) is 7.70. The summed E-state index contributed by atoms with van der Waals surface area (Å²) in [6, 6.07) is 11.9. The molecule has 0 aliphatic carbocycles. The van der Waals surface area contributed by atoms with Crippen LogP contribution in [-0.2, 0) is 17.8 Å². The lowest BCUT2D eigenvalue weighted by molar-refractivity contribution is -0.0704. The fourth-order valence-corrected chi connectivity index (χ4v) is 3.63. The normalized spacial score (nSPS) is 19.7. The monoisotopic (exact) mass is 398 g/mol. The number of benzene rings is 2. The minimum Gasteiger partial charge on any atom is -0.373 e. The second kappa shape index (κ2) is 9.29. The van der Waals surface area contributed by atoms with E-state index in [4.69, 9.17) is 4.74 Å². The predicted molar refractivity (Wildman–Crippen MR) is 109 cm³/mol. The summed E-state index contributed by atoms with van der Waals surface area (Å²) < 4.78 is 19.9. The van der Waals surface area contributed by atoms with Gasteiger partial charge in [-0.3, -0.25) is 14.5 Å². The van der Waals surface area contributed by atoms with E-state index in [0.717, 1.165) is 31.3 Å². The molecule has 0 unspecified atom stereocenters. The van der Waals surface area contributed by atoms with Crippen LogP contribution in [0, 0.1) is 5.82 Å². The summed E-state index contributed by atoms with van der Waals surface area (Å²) in [7, 11) is 0. The lowest BCUT2D eigenvalue weighted by Gasteiger charge is -2.35. The zero-order chi connectivity index (χ0) is 21.0. The molecule has 1 fully saturated rings. The van der Waals surface area contributed by atoms with Crippen LogP contribution >= 0.6 is 0 Å². The van der Waals surface area contributed by atoms with Gasteiger partial charge in [-0.25, -0.2) is 4.39 Å². The Morgan fingerprint density at radius 1 is 1.07 bits per heavy atom. The first-order valence-electron chi connectivity index (χ1n) is 9.86. The summed E-state index contributed by atoms with van der Waals surface area (Å²) in [5.74, 6) is -1.44. The van der Waals surface area contributed by atoms with E-state index >= 15 is 0 Å². The first-order valence-corrected chi connectivity index (χ1v) is 9.86. The maximum Gasteiger partial charge on any atom is 0.254 e. The lowest BCUT2D eigenvalue weighted by Crippen LogP contribution is -2.44. The number of Topliss-reactive ketones (excluding diaryl/α,β-unsaturated/α-hetero) is 1. The van der Waals surface area contributed by atoms with Crippen molar-refractivity contribution < 1.29 is 18.7 Å². The van der Waals surface area contributed by atoms with Gasteiger partial charge >= 0.3 is 0 Å². The number of hydrogen-bond acceptors (Lipinski definition) is 4. The highest BCUT2D eigenvalue weighted by atomic mass is 19.1. The van der Waals surface area contributed by atoms with Crippen molar-refractivity contribution in [3.63, 3.8) is 0 Å². The van der Waals surface area contributed by atoms with E-state index in [-0.39, 0.29) is 29.1 Å². The molecule has 6 heteroatoms. The summed E-state index contributed by atoms with van der Waals surface area (Å²) >= 11 is 0. The number of nitrogens with one attached hydrogen (secondary N) is 1. The highest BCUT2D eigenvalue weighted by molar-refractivity contribution is 5.97. The Morgan fingerprint density at radius 3 is 2.28 bits per heavy atom. The molecule has 0 radical (unpaired) electrons. The van der Waals surface area contributed by atoms with Gasteiger partial charge in [-0.1, -0.05) is 30.3 Å². The maximum atomic E-state index is 14.1. The van der Waals surface area contributed by atoms with Crippen LogP contribution < -0.4 is 5.32 Å². The highest BCUT2D eigenvalue weighted by Crippen LogP contribution is 2.15. The number of halogens is 1. The zero-order valence-electron chi connectivity index (χ0n) is 17.1. The second-order valence-electron chi connectivity index (χ2n) is 7.70. The molecule has 154 valence electrons. The molecule has 1 aliphatic heterocycles. The van der Waals surface area contributed by atoms with Gasteiger partial charge in [0.05, 0.1) is 17.8 Å². The molecular formula is C23H27FN2O3. The molecule has 0 bridgehead atoms. The van der Waals surface area contributed by atoms with Gasteiger partial charge in [-0.15, -0.1) is 0 Å². The minimum absolute atomic E-state index is 0.0674. The Labute approximate surface area is 170 Å². The number of ketones is 1. The van der Waals surface area contributed by atoms with Crippen molar-refractivity contribution in [3.05, 3.63) is 70.5 Å². The van der Waals surface area contributed by atoms with E-state index < -0.39 is 11.7 Å². The molecule has 1 amide bonds. The smallest absolute Gasteiger partial charge is 0.254 e. The van der Waals surface area contributed by atoms with Crippen molar-refractivity contribution in [1.29, 1.82) is 0 Å². The maximum absolute atomic E-state index is 14.1. The molecule has 0 saturated carbocycles. The van der Waals surface area contributed by atoms with E-state index in [1.807, 2.05) is 12.1 Å². The van der Waals surface area contributed by atoms with Gasteiger partial charge in [0.25, 0.3) is 5.91 Å². The first kappa shape index (κ1) is 21.1. The average Bonchev–Trinajstić information content (AvgIpc) is 2.66. The van der Waals surface area contributed by atoms with Crippen LogP contribution in [0.1, 0.15) is 52.6 Å². The van der Waals surface area contributed by atoms with Crippen molar-refractivity contribution in [1.82, 2.24) is 10.2 Å². The van der Waals surface area contributed by atoms with E-state index in [1.165, 1.54) is 24.6 Å². The summed E-state index contributed by atoms with van der Waals surface area (Å²) in [5.41, 5.74) is 2.32. The van der Waals surface area contributed by atoms with Gasteiger partial charge in [0.1, 0.15) is 5.82 Å². The average molecular weight is 398 g/mol. The Balaban J connectivity index is 1.55. The van der Waals surface area contributed by atoms with Crippen molar-refractivity contribution >= 4 is 11.7 Å². The number of hydrogen-bond donors (Lipinski definition) is 1. The molecule has 2 atom stereocenters. The quantitative estimate of drug-likeness (QED) is 0.756. The zero-order valence-corrected chi connectivity index (χ0v) is 17.1. The fraction of sp³-hybridized carbons (Fsp3) is 0.391. The van der Waals surface area contributed by atoms with Gasteiger partial charge in [-0.2, -0.15) is 0 Å². The molecule has 29 heavy (non-hydrogen) atoms. The first-order chi connectivity index (χ1) is 13.8. The molecule has 2 aromatic carbocycles. The molecule has 0 spiro atoms. The van der Waals surface area contributed by atoms with Crippen LogP contribution in [0.25, 0.3) is 0 Å². The summed E-state index contributed by atoms with van der Waals surface area (Å²) in [5, 5.41) is 2.73. The van der Waals surface area contributed by atoms with E-state index in [1.54, 1.807) is 0 Å². The molecular weight excluding hydrogens is 371 g/mol. The summed E-state index contributed by atoms with van der Waals surface area (Å²) in [6.07, 6.45) is 0.469. The van der Waals surface area contributed by atoms with Gasteiger partial charge < -0.3 is 10.1 Å². The Kier molecular flexibility index (Phi) is 6.77. The number of nitrogens with zero attached hydrogens (tertiary/aromatic N) is 1. The molecule has 1 aliphatic rings. The molecule has 1 N–H and O–H groups in total.